The second kappa shape index (κ2) is 5.61. The molecule has 84 valence electrons. The number of methoxy groups -OCH3 is 2. The fourth-order valence-corrected chi connectivity index (χ4v) is 1.70. The van der Waals surface area contributed by atoms with Gasteiger partial charge in [-0.3, -0.25) is 0 Å². The van der Waals surface area contributed by atoms with Gasteiger partial charge in [-0.25, -0.2) is 0 Å². The Kier molecular flexibility index (Phi) is 4.43. The average molecular weight is 209 g/mol. The molecular formula is C12H19NO2. The third kappa shape index (κ3) is 2.86. The third-order valence-corrected chi connectivity index (χ3v) is 2.42. The van der Waals surface area contributed by atoms with Crippen LogP contribution in [-0.4, -0.2) is 20.8 Å². The van der Waals surface area contributed by atoms with Crippen LogP contribution < -0.4 is 15.2 Å². The Labute approximate surface area is 91.2 Å². The smallest absolute Gasteiger partial charge is 0.125 e. The maximum absolute atomic E-state index is 5.50. The first-order chi connectivity index (χ1) is 7.22. The zero-order chi connectivity index (χ0) is 11.3. The van der Waals surface area contributed by atoms with Crippen molar-refractivity contribution in [3.8, 4) is 11.5 Å². The molecule has 1 aromatic rings. The Morgan fingerprint density at radius 2 is 1.93 bits per heavy atom. The lowest BCUT2D eigenvalue weighted by Gasteiger charge is -2.13. The van der Waals surface area contributed by atoms with Crippen LogP contribution in [-0.2, 0) is 6.42 Å². The van der Waals surface area contributed by atoms with Gasteiger partial charge in [0.1, 0.15) is 11.5 Å². The van der Waals surface area contributed by atoms with Crippen molar-refractivity contribution in [3.63, 3.8) is 0 Å². The molecule has 3 nitrogen and oxygen atoms in total. The summed E-state index contributed by atoms with van der Waals surface area (Å²) in [5.41, 5.74) is 7.77. The van der Waals surface area contributed by atoms with Crippen LogP contribution >= 0.6 is 0 Å². The van der Waals surface area contributed by atoms with Gasteiger partial charge in [0.25, 0.3) is 0 Å². The van der Waals surface area contributed by atoms with E-state index in [4.69, 9.17) is 15.2 Å². The number of benzene rings is 1. The van der Waals surface area contributed by atoms with Gasteiger partial charge in [-0.15, -0.1) is 0 Å². The second-order valence-corrected chi connectivity index (χ2v) is 3.53. The SMILES string of the molecule is COc1cc(C)c(OC)c(CCCN)c1. The highest BCUT2D eigenvalue weighted by Crippen LogP contribution is 2.29. The molecule has 0 aliphatic heterocycles. The minimum Gasteiger partial charge on any atom is -0.497 e. The van der Waals surface area contributed by atoms with Crippen molar-refractivity contribution in [1.29, 1.82) is 0 Å². The summed E-state index contributed by atoms with van der Waals surface area (Å²) in [4.78, 5) is 0. The van der Waals surface area contributed by atoms with E-state index in [9.17, 15) is 0 Å². The lowest BCUT2D eigenvalue weighted by molar-refractivity contribution is 0.395. The first-order valence-electron chi connectivity index (χ1n) is 5.14. The molecule has 0 heterocycles. The normalized spacial score (nSPS) is 10.1. The molecule has 0 saturated carbocycles. The summed E-state index contributed by atoms with van der Waals surface area (Å²) in [5.74, 6) is 1.82. The maximum atomic E-state index is 5.50. The lowest BCUT2D eigenvalue weighted by atomic mass is 10.0. The van der Waals surface area contributed by atoms with Gasteiger partial charge in [0.2, 0.25) is 0 Å². The van der Waals surface area contributed by atoms with Gasteiger partial charge in [-0.1, -0.05) is 0 Å². The fraction of sp³-hybridized carbons (Fsp3) is 0.500. The van der Waals surface area contributed by atoms with Gasteiger partial charge in [-0.05, 0) is 49.6 Å². The molecule has 0 amide bonds. The van der Waals surface area contributed by atoms with E-state index in [-0.39, 0.29) is 0 Å². The minimum absolute atomic E-state index is 0.694. The van der Waals surface area contributed by atoms with Crippen LogP contribution in [0.4, 0.5) is 0 Å². The summed E-state index contributed by atoms with van der Waals surface area (Å²) in [6.07, 6.45) is 1.89. The molecule has 1 rings (SSSR count). The molecule has 0 aromatic heterocycles. The predicted molar refractivity (Wildman–Crippen MR) is 61.7 cm³/mol. The number of ether oxygens (including phenoxy) is 2. The van der Waals surface area contributed by atoms with E-state index in [0.717, 1.165) is 29.9 Å². The van der Waals surface area contributed by atoms with Gasteiger partial charge < -0.3 is 15.2 Å². The molecule has 2 N–H and O–H groups in total. The standard InChI is InChI=1S/C12H19NO2/c1-9-7-11(14-2)8-10(5-4-6-13)12(9)15-3/h7-8H,4-6,13H2,1-3H3. The molecule has 1 aromatic carbocycles. The second-order valence-electron chi connectivity index (χ2n) is 3.53. The maximum Gasteiger partial charge on any atom is 0.125 e. The van der Waals surface area contributed by atoms with Crippen LogP contribution in [0, 0.1) is 6.92 Å². The zero-order valence-corrected chi connectivity index (χ0v) is 9.67. The minimum atomic E-state index is 0.694. The molecule has 0 unspecified atom stereocenters. The molecule has 0 saturated heterocycles. The molecule has 0 spiro atoms. The van der Waals surface area contributed by atoms with Gasteiger partial charge in [0, 0.05) is 0 Å². The van der Waals surface area contributed by atoms with Crippen molar-refractivity contribution in [2.45, 2.75) is 19.8 Å². The average Bonchev–Trinajstić information content (AvgIpc) is 2.25. The third-order valence-electron chi connectivity index (χ3n) is 2.42. The van der Waals surface area contributed by atoms with Crippen LogP contribution in [0.1, 0.15) is 17.5 Å². The van der Waals surface area contributed by atoms with Crippen molar-refractivity contribution in [3.05, 3.63) is 23.3 Å². The highest BCUT2D eigenvalue weighted by Gasteiger charge is 2.08. The quantitative estimate of drug-likeness (QED) is 0.805. The molecule has 15 heavy (non-hydrogen) atoms. The number of hydrogen-bond donors (Lipinski definition) is 1. The fourth-order valence-electron chi connectivity index (χ4n) is 1.70. The van der Waals surface area contributed by atoms with Gasteiger partial charge in [0.05, 0.1) is 14.2 Å². The molecule has 0 radical (unpaired) electrons. The summed E-state index contributed by atoms with van der Waals surface area (Å²) in [7, 11) is 3.37. The molecular weight excluding hydrogens is 190 g/mol. The Morgan fingerprint density at radius 3 is 2.47 bits per heavy atom. The van der Waals surface area contributed by atoms with Gasteiger partial charge in [-0.2, -0.15) is 0 Å². The Morgan fingerprint density at radius 1 is 1.20 bits per heavy atom. The van der Waals surface area contributed by atoms with E-state index in [1.807, 2.05) is 19.1 Å². The highest BCUT2D eigenvalue weighted by atomic mass is 16.5. The monoisotopic (exact) mass is 209 g/mol. The van der Waals surface area contributed by atoms with Crippen molar-refractivity contribution in [1.82, 2.24) is 0 Å². The predicted octanol–water partition coefficient (Wildman–Crippen LogP) is 1.90. The lowest BCUT2D eigenvalue weighted by Crippen LogP contribution is -2.02. The van der Waals surface area contributed by atoms with Gasteiger partial charge in [0.15, 0.2) is 0 Å². The van der Waals surface area contributed by atoms with Crippen LogP contribution in [0.15, 0.2) is 12.1 Å². The van der Waals surface area contributed by atoms with Crippen molar-refractivity contribution in [2.75, 3.05) is 20.8 Å². The number of aryl methyl sites for hydroxylation is 2. The molecule has 0 aliphatic carbocycles. The summed E-state index contributed by atoms with van der Waals surface area (Å²) in [6, 6.07) is 3.99. The Balaban J connectivity index is 3.02. The molecule has 0 aliphatic rings. The summed E-state index contributed by atoms with van der Waals surface area (Å²) >= 11 is 0. The zero-order valence-electron chi connectivity index (χ0n) is 9.67. The van der Waals surface area contributed by atoms with E-state index >= 15 is 0 Å². The van der Waals surface area contributed by atoms with Crippen LogP contribution in [0.25, 0.3) is 0 Å². The Bertz CT molecular complexity index is 324. The van der Waals surface area contributed by atoms with Crippen molar-refractivity contribution >= 4 is 0 Å². The number of hydrogen-bond acceptors (Lipinski definition) is 3. The van der Waals surface area contributed by atoms with E-state index in [0.29, 0.717) is 6.54 Å². The molecule has 0 bridgehead atoms. The topological polar surface area (TPSA) is 44.5 Å². The van der Waals surface area contributed by atoms with Crippen molar-refractivity contribution in [2.24, 2.45) is 5.73 Å². The number of rotatable bonds is 5. The van der Waals surface area contributed by atoms with E-state index in [1.165, 1.54) is 5.56 Å². The molecule has 0 fully saturated rings. The first kappa shape index (κ1) is 11.9. The Hall–Kier alpha value is -1.22. The van der Waals surface area contributed by atoms with Crippen molar-refractivity contribution < 1.29 is 9.47 Å². The van der Waals surface area contributed by atoms with Gasteiger partial charge >= 0.3 is 0 Å². The van der Waals surface area contributed by atoms with E-state index in [1.54, 1.807) is 14.2 Å². The molecule has 3 heteroatoms. The number of nitrogens with two attached hydrogens (primary N) is 1. The summed E-state index contributed by atoms with van der Waals surface area (Å²) in [5, 5.41) is 0. The van der Waals surface area contributed by atoms with E-state index in [2.05, 4.69) is 0 Å². The summed E-state index contributed by atoms with van der Waals surface area (Å²) < 4.78 is 10.6. The largest absolute Gasteiger partial charge is 0.497 e. The van der Waals surface area contributed by atoms with E-state index < -0.39 is 0 Å². The summed E-state index contributed by atoms with van der Waals surface area (Å²) in [6.45, 7) is 2.71. The van der Waals surface area contributed by atoms with Crippen LogP contribution in [0.5, 0.6) is 11.5 Å². The van der Waals surface area contributed by atoms with Crippen LogP contribution in [0.3, 0.4) is 0 Å². The highest BCUT2D eigenvalue weighted by molar-refractivity contribution is 5.46. The van der Waals surface area contributed by atoms with Crippen LogP contribution in [0.2, 0.25) is 0 Å². The first-order valence-corrected chi connectivity index (χ1v) is 5.14. The molecule has 0 atom stereocenters.